The molecule has 6 aromatic rings. The number of amides is 2. The Labute approximate surface area is 288 Å². The van der Waals surface area contributed by atoms with Gasteiger partial charge in [0.1, 0.15) is 17.0 Å². The molecule has 1 saturated heterocycles. The van der Waals surface area contributed by atoms with Crippen molar-refractivity contribution in [3.05, 3.63) is 175 Å². The van der Waals surface area contributed by atoms with Crippen molar-refractivity contribution in [1.29, 1.82) is 0 Å². The summed E-state index contributed by atoms with van der Waals surface area (Å²) in [6.45, 7) is 1.97. The molecule has 2 amide bonds. The molecule has 50 heavy (non-hydrogen) atoms. The van der Waals surface area contributed by atoms with Crippen molar-refractivity contribution in [2.45, 2.75) is 12.3 Å². The van der Waals surface area contributed by atoms with E-state index in [2.05, 4.69) is 5.43 Å². The van der Waals surface area contributed by atoms with Crippen LogP contribution in [0.15, 0.2) is 131 Å². The van der Waals surface area contributed by atoms with Crippen LogP contribution in [0.1, 0.15) is 32.4 Å². The van der Waals surface area contributed by atoms with Crippen LogP contribution in [0.4, 0.5) is 10.1 Å². The van der Waals surface area contributed by atoms with Crippen molar-refractivity contribution < 1.29 is 18.9 Å². The molecule has 0 radical (unpaired) electrons. The van der Waals surface area contributed by atoms with Gasteiger partial charge in [-0.3, -0.25) is 34.5 Å². The smallest absolute Gasteiger partial charge is 0.268 e. The van der Waals surface area contributed by atoms with E-state index >= 15 is 0 Å². The van der Waals surface area contributed by atoms with Crippen molar-refractivity contribution in [2.75, 3.05) is 0 Å². The number of para-hydroxylation sites is 2. The van der Waals surface area contributed by atoms with Crippen LogP contribution in [-0.2, 0) is 4.79 Å². The minimum atomic E-state index is -0.792. The van der Waals surface area contributed by atoms with Crippen LogP contribution in [-0.4, -0.2) is 31.3 Å². The van der Waals surface area contributed by atoms with E-state index in [9.17, 15) is 28.9 Å². The number of nitro groups is 1. The number of carbonyl (C=O) groups is 2. The Hall–Kier alpha value is -6.40. The first-order chi connectivity index (χ1) is 24.2. The zero-order chi connectivity index (χ0) is 34.9. The van der Waals surface area contributed by atoms with Crippen molar-refractivity contribution in [3.8, 4) is 17.1 Å². The molecule has 1 aliphatic heterocycles. The topological polar surface area (TPSA) is 127 Å². The first kappa shape index (κ1) is 32.2. The molecule has 0 bridgehead atoms. The lowest BCUT2D eigenvalue weighted by Crippen LogP contribution is -2.44. The summed E-state index contributed by atoms with van der Waals surface area (Å²) in [6, 6.07) is 32.6. The van der Waals surface area contributed by atoms with Crippen molar-refractivity contribution >= 4 is 46.2 Å². The number of fused-ring (bicyclic) bond motifs is 1. The highest BCUT2D eigenvalue weighted by Crippen LogP contribution is 2.45. The second-order valence-electron chi connectivity index (χ2n) is 11.5. The number of hydrogen-bond acceptors (Lipinski definition) is 7. The van der Waals surface area contributed by atoms with E-state index in [-0.39, 0.29) is 27.3 Å². The molecular formula is C38H26FN5O5S. The summed E-state index contributed by atoms with van der Waals surface area (Å²) in [5, 5.41) is 12.4. The molecule has 2 heterocycles. The molecule has 12 heteroatoms. The third kappa shape index (κ3) is 6.15. The van der Waals surface area contributed by atoms with Crippen LogP contribution >= 0.6 is 11.8 Å². The summed E-state index contributed by atoms with van der Waals surface area (Å²) < 4.78 is 15.3. The van der Waals surface area contributed by atoms with Crippen molar-refractivity contribution in [2.24, 2.45) is 0 Å². The monoisotopic (exact) mass is 683 g/mol. The lowest BCUT2D eigenvalue weighted by molar-refractivity contribution is -0.385. The van der Waals surface area contributed by atoms with Crippen LogP contribution in [0.25, 0.3) is 34.1 Å². The highest BCUT2D eigenvalue weighted by atomic mass is 32.2. The Morgan fingerprint density at radius 2 is 1.58 bits per heavy atom. The molecule has 0 saturated carbocycles. The van der Waals surface area contributed by atoms with E-state index in [1.54, 1.807) is 36.4 Å². The number of nitro benzene ring substituents is 1. The predicted molar refractivity (Wildman–Crippen MR) is 190 cm³/mol. The lowest BCUT2D eigenvalue weighted by Gasteiger charge is -2.24. The van der Waals surface area contributed by atoms with Crippen LogP contribution in [0.2, 0.25) is 0 Å². The van der Waals surface area contributed by atoms with Gasteiger partial charge in [0.05, 0.1) is 32.0 Å². The van der Waals surface area contributed by atoms with Crippen molar-refractivity contribution in [3.63, 3.8) is 0 Å². The van der Waals surface area contributed by atoms with Gasteiger partial charge in [-0.1, -0.05) is 78.0 Å². The number of aryl methyl sites for hydroxylation is 1. The van der Waals surface area contributed by atoms with E-state index in [1.807, 2.05) is 37.3 Å². The number of nitrogens with one attached hydrogen (secondary N) is 1. The molecule has 1 atom stereocenters. The van der Waals surface area contributed by atoms with Gasteiger partial charge in [-0.05, 0) is 73.2 Å². The average Bonchev–Trinajstić information content (AvgIpc) is 3.42. The Bertz CT molecular complexity index is 2390. The molecular weight excluding hydrogens is 658 g/mol. The van der Waals surface area contributed by atoms with E-state index in [0.717, 1.165) is 27.9 Å². The maximum Gasteiger partial charge on any atom is 0.280 e. The number of hydrazine groups is 1. The number of halogens is 1. The molecule has 7 rings (SSSR count). The number of benzene rings is 5. The van der Waals surface area contributed by atoms with Crippen molar-refractivity contribution in [1.82, 2.24) is 20.0 Å². The summed E-state index contributed by atoms with van der Waals surface area (Å²) in [7, 11) is 0. The highest BCUT2D eigenvalue weighted by molar-refractivity contribution is 8.04. The van der Waals surface area contributed by atoms with Crippen LogP contribution < -0.4 is 11.0 Å². The normalized spacial score (nSPS) is 15.1. The molecule has 1 N–H and O–H groups in total. The molecule has 0 aliphatic carbocycles. The first-order valence-electron chi connectivity index (χ1n) is 15.4. The van der Waals surface area contributed by atoms with Crippen LogP contribution in [0.3, 0.4) is 0 Å². The molecule has 1 aliphatic rings. The Kier molecular flexibility index (Phi) is 8.52. The minimum absolute atomic E-state index is 0.149. The molecule has 1 unspecified atom stereocenters. The number of hydrogen-bond donors (Lipinski definition) is 1. The molecule has 0 spiro atoms. The van der Waals surface area contributed by atoms with E-state index in [1.165, 1.54) is 65.2 Å². The fourth-order valence-corrected chi connectivity index (χ4v) is 6.80. The largest absolute Gasteiger partial charge is 0.280 e. The molecule has 1 aromatic heterocycles. The standard InChI is InChI=1S/C38H26FN5O5S/c1-23-10-12-24(13-11-23)34-40-31-8-4-3-7-30(31)36(46)42(34)29-20-16-25(17-21-29)35(45)41-43-37(47)33(22-27-6-2-5-9-32(27)44(48)49)50-38(43)26-14-18-28(39)19-15-26/h2-22,38H,1H3,(H,41,45)/b33-22+. The SMILES string of the molecule is Cc1ccc(-c2nc3ccccc3c(=O)n2-c2ccc(C(=O)NN3C(=O)/C(=C\c4ccccc4[N+](=O)[O-])SC3c3ccc(F)cc3)cc2)cc1. The maximum atomic E-state index is 13.8. The average molecular weight is 684 g/mol. The zero-order valence-electron chi connectivity index (χ0n) is 26.3. The summed E-state index contributed by atoms with van der Waals surface area (Å²) in [5.74, 6) is -1.25. The Balaban J connectivity index is 1.22. The molecule has 246 valence electrons. The first-order valence-corrected chi connectivity index (χ1v) is 16.3. The third-order valence-corrected chi connectivity index (χ3v) is 9.43. The summed E-state index contributed by atoms with van der Waals surface area (Å²) in [6.07, 6.45) is 1.41. The molecule has 5 aromatic carbocycles. The fraction of sp³-hybridized carbons (Fsp3) is 0.0526. The minimum Gasteiger partial charge on any atom is -0.268 e. The fourth-order valence-electron chi connectivity index (χ4n) is 5.62. The molecule has 10 nitrogen and oxygen atoms in total. The van der Waals surface area contributed by atoms with Gasteiger partial charge in [0.15, 0.2) is 0 Å². The van der Waals surface area contributed by atoms with Gasteiger partial charge in [0.25, 0.3) is 23.1 Å². The van der Waals surface area contributed by atoms with Gasteiger partial charge in [-0.2, -0.15) is 0 Å². The molecule has 1 fully saturated rings. The third-order valence-electron chi connectivity index (χ3n) is 8.17. The van der Waals surface area contributed by atoms with Crippen LogP contribution in [0.5, 0.6) is 0 Å². The van der Waals surface area contributed by atoms with Gasteiger partial charge in [-0.25, -0.2) is 14.4 Å². The lowest BCUT2D eigenvalue weighted by atomic mass is 10.1. The highest BCUT2D eigenvalue weighted by Gasteiger charge is 2.39. The van der Waals surface area contributed by atoms with Gasteiger partial charge in [0, 0.05) is 17.2 Å². The van der Waals surface area contributed by atoms with E-state index < -0.39 is 27.9 Å². The van der Waals surface area contributed by atoms with Gasteiger partial charge < -0.3 is 0 Å². The number of nitrogens with zero attached hydrogens (tertiary/aromatic N) is 4. The second-order valence-corrected chi connectivity index (χ2v) is 12.6. The summed E-state index contributed by atoms with van der Waals surface area (Å²) >= 11 is 1.07. The summed E-state index contributed by atoms with van der Waals surface area (Å²) in [4.78, 5) is 57.2. The number of rotatable bonds is 7. The maximum absolute atomic E-state index is 13.8. The number of aromatic nitrogens is 2. The number of thioether (sulfide) groups is 1. The second kappa shape index (κ2) is 13.2. The van der Waals surface area contributed by atoms with Gasteiger partial charge in [0.2, 0.25) is 0 Å². The number of carbonyl (C=O) groups excluding carboxylic acids is 2. The van der Waals surface area contributed by atoms with Gasteiger partial charge >= 0.3 is 0 Å². The van der Waals surface area contributed by atoms with E-state index in [0.29, 0.717) is 28.0 Å². The Morgan fingerprint density at radius 1 is 0.900 bits per heavy atom. The van der Waals surface area contributed by atoms with E-state index in [4.69, 9.17) is 4.98 Å². The summed E-state index contributed by atoms with van der Waals surface area (Å²) in [5.41, 5.74) is 5.99. The Morgan fingerprint density at radius 3 is 2.30 bits per heavy atom. The predicted octanol–water partition coefficient (Wildman–Crippen LogP) is 7.37. The van der Waals surface area contributed by atoms with Gasteiger partial charge in [-0.15, -0.1) is 0 Å². The van der Waals surface area contributed by atoms with Crippen LogP contribution in [0, 0.1) is 22.9 Å². The zero-order valence-corrected chi connectivity index (χ0v) is 27.1. The quantitative estimate of drug-likeness (QED) is 0.106.